The number of esters is 1. The van der Waals surface area contributed by atoms with Crippen LogP contribution >= 0.6 is 58.0 Å². The topological polar surface area (TPSA) is 35.5 Å². The molecule has 0 bridgehead atoms. The van der Waals surface area contributed by atoms with Crippen molar-refractivity contribution >= 4 is 72.3 Å². The van der Waals surface area contributed by atoms with Crippen LogP contribution in [0, 0.1) is 11.3 Å². The number of benzene rings is 1. The van der Waals surface area contributed by atoms with E-state index in [0.717, 1.165) is 25.7 Å². The van der Waals surface area contributed by atoms with Crippen molar-refractivity contribution < 1.29 is 14.0 Å². The van der Waals surface area contributed by atoms with Gasteiger partial charge < -0.3 is 9.16 Å². The molecule has 0 amide bonds. The first-order chi connectivity index (χ1) is 14.1. The summed E-state index contributed by atoms with van der Waals surface area (Å²) < 4.78 is 12.8. The summed E-state index contributed by atoms with van der Waals surface area (Å²) in [4.78, 5) is 13.4. The Bertz CT molecular complexity index is 884. The van der Waals surface area contributed by atoms with Crippen LogP contribution in [0.25, 0.3) is 0 Å². The molecule has 2 aliphatic carbocycles. The van der Waals surface area contributed by atoms with Crippen molar-refractivity contribution in [2.24, 2.45) is 11.3 Å². The average Bonchev–Trinajstić information content (AvgIpc) is 2.66. The van der Waals surface area contributed by atoms with Gasteiger partial charge in [-0.05, 0) is 42.8 Å². The Kier molecular flexibility index (Phi) is 7.12. The Morgan fingerprint density at radius 3 is 1.90 bits per heavy atom. The molecule has 174 valence electrons. The molecule has 0 heterocycles. The van der Waals surface area contributed by atoms with Crippen LogP contribution in [0.1, 0.15) is 59.8 Å². The Balaban J connectivity index is 1.97. The highest BCUT2D eigenvalue weighted by Gasteiger charge is 2.69. The molecule has 0 unspecified atom stereocenters. The van der Waals surface area contributed by atoms with E-state index in [4.69, 9.17) is 67.2 Å². The van der Waals surface area contributed by atoms with Crippen LogP contribution in [0.5, 0.6) is 5.75 Å². The maximum atomic E-state index is 13.4. The fourth-order valence-electron chi connectivity index (χ4n) is 4.74. The first-order valence-corrected chi connectivity index (χ1v) is 15.3. The van der Waals surface area contributed by atoms with Crippen molar-refractivity contribution in [3.05, 3.63) is 25.1 Å². The van der Waals surface area contributed by atoms with Crippen LogP contribution in [-0.2, 0) is 9.22 Å². The third-order valence-electron chi connectivity index (χ3n) is 7.67. The smallest absolute Gasteiger partial charge is 0.317 e. The van der Waals surface area contributed by atoms with E-state index in [1.54, 1.807) is 0 Å². The molecule has 3 nitrogen and oxygen atoms in total. The molecular formula is C22H29Cl5O3Si. The van der Waals surface area contributed by atoms with Crippen LogP contribution in [0.2, 0.25) is 43.2 Å². The molecule has 2 fully saturated rings. The van der Waals surface area contributed by atoms with Gasteiger partial charge in [0.2, 0.25) is 0 Å². The number of carbonyl (C=O) groups is 1. The molecule has 1 aromatic carbocycles. The lowest BCUT2D eigenvalue weighted by molar-refractivity contribution is -0.225. The Labute approximate surface area is 211 Å². The molecule has 9 heteroatoms. The fourth-order valence-corrected chi connectivity index (χ4v) is 7.65. The SMILES string of the molecule is CC(C)(C)[Si](C)(C)O[C@]12CCCC[C@@]1(C)C[C@@H]2C(=O)Oc1c(Cl)c(Cl)c(Cl)c(Cl)c1Cl. The van der Waals surface area contributed by atoms with Crippen molar-refractivity contribution in [1.29, 1.82) is 0 Å². The molecule has 0 saturated heterocycles. The fraction of sp³-hybridized carbons (Fsp3) is 0.682. The van der Waals surface area contributed by atoms with Crippen LogP contribution in [0.4, 0.5) is 0 Å². The first kappa shape index (κ1) is 25.9. The second-order valence-corrected chi connectivity index (χ2v) is 17.2. The van der Waals surface area contributed by atoms with Crippen molar-refractivity contribution in [2.45, 2.75) is 83.5 Å². The zero-order valence-corrected chi connectivity index (χ0v) is 23.5. The van der Waals surface area contributed by atoms with E-state index >= 15 is 0 Å². The monoisotopic (exact) mass is 544 g/mol. The maximum Gasteiger partial charge on any atom is 0.317 e. The lowest BCUT2D eigenvalue weighted by Crippen LogP contribution is -2.71. The van der Waals surface area contributed by atoms with Gasteiger partial charge in [-0.15, -0.1) is 0 Å². The first-order valence-electron chi connectivity index (χ1n) is 10.5. The van der Waals surface area contributed by atoms with Crippen LogP contribution < -0.4 is 4.74 Å². The zero-order chi connectivity index (χ0) is 23.6. The number of ether oxygens (including phenoxy) is 1. The maximum absolute atomic E-state index is 13.4. The van der Waals surface area contributed by atoms with E-state index in [-0.39, 0.29) is 41.3 Å². The lowest BCUT2D eigenvalue weighted by atomic mass is 9.46. The molecule has 31 heavy (non-hydrogen) atoms. The number of hydrogen-bond donors (Lipinski definition) is 0. The third kappa shape index (κ3) is 4.17. The standard InChI is InChI=1S/C22H29Cl5O3Si/c1-20(2,3)31(5,6)30-22-10-8-7-9-21(22,4)11-12(22)19(28)29-18-16(26)14(24)13(23)15(25)17(18)27/h12H,7-11H2,1-6H3/t12-,21+,22+/m1/s1. The molecule has 0 radical (unpaired) electrons. The number of hydrogen-bond acceptors (Lipinski definition) is 3. The largest absolute Gasteiger partial charge is 0.423 e. The van der Waals surface area contributed by atoms with Gasteiger partial charge >= 0.3 is 5.97 Å². The van der Waals surface area contributed by atoms with E-state index in [1.807, 2.05) is 0 Å². The number of fused-ring (bicyclic) bond motifs is 1. The predicted molar refractivity (Wildman–Crippen MR) is 133 cm³/mol. The molecule has 2 saturated carbocycles. The molecule has 2 aliphatic rings. The highest BCUT2D eigenvalue weighted by molar-refractivity contribution is 6.74. The number of halogens is 5. The summed E-state index contributed by atoms with van der Waals surface area (Å²) in [7, 11) is -2.15. The van der Waals surface area contributed by atoms with Gasteiger partial charge in [-0.2, -0.15) is 0 Å². The average molecular weight is 547 g/mol. The highest BCUT2D eigenvalue weighted by atomic mass is 35.5. The van der Waals surface area contributed by atoms with E-state index in [1.165, 1.54) is 0 Å². The van der Waals surface area contributed by atoms with Gasteiger partial charge in [0, 0.05) is 0 Å². The molecule has 1 aromatic rings. The van der Waals surface area contributed by atoms with Gasteiger partial charge in [0.15, 0.2) is 14.1 Å². The second-order valence-electron chi connectivity index (χ2n) is 10.6. The van der Waals surface area contributed by atoms with Crippen LogP contribution in [0.15, 0.2) is 0 Å². The Hall–Kier alpha value is 0.317. The number of rotatable bonds is 4. The normalized spacial score (nSPS) is 28.7. The Morgan fingerprint density at radius 1 is 0.935 bits per heavy atom. The van der Waals surface area contributed by atoms with E-state index in [0.29, 0.717) is 6.42 Å². The van der Waals surface area contributed by atoms with Crippen molar-refractivity contribution in [3.63, 3.8) is 0 Å². The summed E-state index contributed by atoms with van der Waals surface area (Å²) in [6, 6.07) is 0. The van der Waals surface area contributed by atoms with Crippen molar-refractivity contribution in [1.82, 2.24) is 0 Å². The summed E-state index contributed by atoms with van der Waals surface area (Å²) >= 11 is 30.9. The van der Waals surface area contributed by atoms with E-state index < -0.39 is 25.8 Å². The summed E-state index contributed by atoms with van der Waals surface area (Å²) in [6.07, 6.45) is 4.73. The third-order valence-corrected chi connectivity index (χ3v) is 14.4. The van der Waals surface area contributed by atoms with Crippen LogP contribution in [0.3, 0.4) is 0 Å². The Morgan fingerprint density at radius 2 is 1.42 bits per heavy atom. The van der Waals surface area contributed by atoms with Gasteiger partial charge in [-0.3, -0.25) is 4.79 Å². The highest BCUT2D eigenvalue weighted by Crippen LogP contribution is 2.65. The van der Waals surface area contributed by atoms with E-state index in [9.17, 15) is 4.79 Å². The molecule has 3 atom stereocenters. The number of carbonyl (C=O) groups excluding carboxylic acids is 1. The summed E-state index contributed by atoms with van der Waals surface area (Å²) in [6.45, 7) is 13.3. The molecule has 3 rings (SSSR count). The zero-order valence-electron chi connectivity index (χ0n) is 18.7. The molecule has 0 aromatic heterocycles. The minimum Gasteiger partial charge on any atom is -0.423 e. The van der Waals surface area contributed by atoms with Crippen LogP contribution in [-0.4, -0.2) is 19.9 Å². The van der Waals surface area contributed by atoms with Crippen molar-refractivity contribution in [3.8, 4) is 5.75 Å². The van der Waals surface area contributed by atoms with E-state index in [2.05, 4.69) is 40.8 Å². The van der Waals surface area contributed by atoms with Gasteiger partial charge in [-0.1, -0.05) is 98.5 Å². The minimum atomic E-state index is -2.15. The van der Waals surface area contributed by atoms with Gasteiger partial charge in [0.1, 0.15) is 10.0 Å². The minimum absolute atomic E-state index is 0.00360. The molecule has 0 N–H and O–H groups in total. The molecule has 0 spiro atoms. The molecule has 0 aliphatic heterocycles. The van der Waals surface area contributed by atoms with Gasteiger partial charge in [-0.25, -0.2) is 0 Å². The van der Waals surface area contributed by atoms with Crippen molar-refractivity contribution in [2.75, 3.05) is 0 Å². The van der Waals surface area contributed by atoms with Gasteiger partial charge in [0.25, 0.3) is 0 Å². The molecular weight excluding hydrogens is 518 g/mol. The second kappa shape index (κ2) is 8.52. The predicted octanol–water partition coefficient (Wildman–Crippen LogP) is 9.22. The quantitative estimate of drug-likeness (QED) is 0.124. The summed E-state index contributed by atoms with van der Waals surface area (Å²) in [5.74, 6) is -0.886. The summed E-state index contributed by atoms with van der Waals surface area (Å²) in [5.41, 5.74) is -0.613. The summed E-state index contributed by atoms with van der Waals surface area (Å²) in [5, 5.41) is -0.000258. The van der Waals surface area contributed by atoms with Gasteiger partial charge in [0.05, 0.1) is 26.6 Å². The lowest BCUT2D eigenvalue weighted by Gasteiger charge is -2.66.